The van der Waals surface area contributed by atoms with Crippen molar-refractivity contribution in [1.82, 2.24) is 4.98 Å². The van der Waals surface area contributed by atoms with Crippen molar-refractivity contribution in [3.63, 3.8) is 0 Å². The van der Waals surface area contributed by atoms with Gasteiger partial charge < -0.3 is 0 Å². The van der Waals surface area contributed by atoms with E-state index in [-0.39, 0.29) is 0 Å². The molecule has 0 unspecified atom stereocenters. The second-order valence-corrected chi connectivity index (χ2v) is 4.84. The maximum Gasteiger partial charge on any atom is 0.0786 e. The lowest BCUT2D eigenvalue weighted by Gasteiger charge is -2.06. The summed E-state index contributed by atoms with van der Waals surface area (Å²) < 4.78 is 0. The summed E-state index contributed by atoms with van der Waals surface area (Å²) in [7, 11) is 0. The Morgan fingerprint density at radius 1 is 0.700 bits per heavy atom. The fourth-order valence-corrected chi connectivity index (χ4v) is 2.59. The molecule has 1 radical (unpaired) electrons. The predicted octanol–water partition coefficient (Wildman–Crippen LogP) is 4.86. The summed E-state index contributed by atoms with van der Waals surface area (Å²) in [6.07, 6.45) is 1.86. The molecule has 1 heterocycles. The van der Waals surface area contributed by atoms with E-state index in [2.05, 4.69) is 59.6 Å². The van der Waals surface area contributed by atoms with Crippen molar-refractivity contribution < 1.29 is 0 Å². The minimum atomic E-state index is 0.994. The van der Waals surface area contributed by atoms with E-state index in [0.29, 0.717) is 0 Å². The fourth-order valence-electron chi connectivity index (χ4n) is 2.59. The number of nitrogens with zero attached hydrogens (tertiary/aromatic N) is 1. The Bertz CT molecular complexity index is 904. The zero-order chi connectivity index (χ0) is 13.4. The van der Waals surface area contributed by atoms with E-state index >= 15 is 0 Å². The maximum absolute atomic E-state index is 4.55. The Morgan fingerprint density at radius 3 is 2.45 bits per heavy atom. The van der Waals surface area contributed by atoms with Gasteiger partial charge >= 0.3 is 0 Å². The summed E-state index contributed by atoms with van der Waals surface area (Å²) in [5, 5.41) is 4.71. The van der Waals surface area contributed by atoms with Crippen molar-refractivity contribution in [2.24, 2.45) is 0 Å². The normalized spacial score (nSPS) is 11.0. The highest BCUT2D eigenvalue weighted by atomic mass is 14.7. The lowest BCUT2D eigenvalue weighted by atomic mass is 10.0. The van der Waals surface area contributed by atoms with Crippen LogP contribution in [0.1, 0.15) is 0 Å². The van der Waals surface area contributed by atoms with Gasteiger partial charge in [-0.05, 0) is 22.2 Å². The number of benzene rings is 3. The van der Waals surface area contributed by atoms with E-state index in [1.807, 2.05) is 24.4 Å². The van der Waals surface area contributed by atoms with Gasteiger partial charge in [0, 0.05) is 23.2 Å². The molecule has 0 fully saturated rings. The van der Waals surface area contributed by atoms with E-state index < -0.39 is 0 Å². The standard InChI is InChI=1S/C19H12N/c1-2-7-16-13-17(10-9-14(16)5-1)19-18-8-4-3-6-15(18)11-12-20-19/h1-12H. The first-order valence-corrected chi connectivity index (χ1v) is 6.67. The van der Waals surface area contributed by atoms with Crippen LogP contribution in [-0.4, -0.2) is 4.98 Å². The summed E-state index contributed by atoms with van der Waals surface area (Å²) in [4.78, 5) is 4.55. The van der Waals surface area contributed by atoms with Gasteiger partial charge in [0.1, 0.15) is 0 Å². The molecule has 0 aliphatic carbocycles. The molecule has 4 rings (SSSR count). The first-order valence-electron chi connectivity index (χ1n) is 6.67. The number of pyridine rings is 1. The molecule has 0 atom stereocenters. The number of aromatic nitrogens is 1. The number of rotatable bonds is 1. The molecule has 93 valence electrons. The van der Waals surface area contributed by atoms with Crippen LogP contribution < -0.4 is 0 Å². The van der Waals surface area contributed by atoms with Crippen LogP contribution in [0.25, 0.3) is 32.8 Å². The lowest BCUT2D eigenvalue weighted by Crippen LogP contribution is -1.86. The first-order chi connectivity index (χ1) is 9.92. The largest absolute Gasteiger partial charge is 0.256 e. The van der Waals surface area contributed by atoms with Gasteiger partial charge in [0.2, 0.25) is 0 Å². The molecular weight excluding hydrogens is 242 g/mol. The van der Waals surface area contributed by atoms with Crippen molar-refractivity contribution in [1.29, 1.82) is 0 Å². The number of hydrogen-bond donors (Lipinski definition) is 0. The van der Waals surface area contributed by atoms with Crippen LogP contribution in [0.5, 0.6) is 0 Å². The molecule has 0 saturated heterocycles. The van der Waals surface area contributed by atoms with Crippen LogP contribution in [0.2, 0.25) is 0 Å². The lowest BCUT2D eigenvalue weighted by molar-refractivity contribution is 1.36. The van der Waals surface area contributed by atoms with Crippen molar-refractivity contribution in [3.05, 3.63) is 79.0 Å². The Hall–Kier alpha value is -2.67. The SMILES string of the molecule is [c]1c(-c2nccc3ccccc23)ccc2ccccc12. The molecule has 20 heavy (non-hydrogen) atoms. The van der Waals surface area contributed by atoms with Crippen molar-refractivity contribution in [2.45, 2.75) is 0 Å². The highest BCUT2D eigenvalue weighted by Crippen LogP contribution is 2.28. The zero-order valence-corrected chi connectivity index (χ0v) is 10.9. The molecule has 0 aliphatic heterocycles. The van der Waals surface area contributed by atoms with Crippen LogP contribution in [0.15, 0.2) is 72.9 Å². The highest BCUT2D eigenvalue weighted by Gasteiger charge is 2.05. The zero-order valence-electron chi connectivity index (χ0n) is 10.9. The monoisotopic (exact) mass is 254 g/mol. The number of fused-ring (bicyclic) bond motifs is 2. The third-order valence-corrected chi connectivity index (χ3v) is 3.59. The second kappa shape index (κ2) is 4.46. The van der Waals surface area contributed by atoms with Crippen molar-refractivity contribution in [3.8, 4) is 11.3 Å². The highest BCUT2D eigenvalue weighted by molar-refractivity contribution is 5.96. The summed E-state index contributed by atoms with van der Waals surface area (Å²) in [5.74, 6) is 0. The van der Waals surface area contributed by atoms with E-state index in [9.17, 15) is 0 Å². The quantitative estimate of drug-likeness (QED) is 0.473. The van der Waals surface area contributed by atoms with Gasteiger partial charge in [-0.1, -0.05) is 60.7 Å². The molecule has 1 nitrogen and oxygen atoms in total. The van der Waals surface area contributed by atoms with Crippen LogP contribution in [0.4, 0.5) is 0 Å². The fraction of sp³-hybridized carbons (Fsp3) is 0. The van der Waals surface area contributed by atoms with Gasteiger partial charge in [0.25, 0.3) is 0 Å². The molecular formula is C19H12N. The van der Waals surface area contributed by atoms with Gasteiger partial charge in [0.15, 0.2) is 0 Å². The smallest absolute Gasteiger partial charge is 0.0786 e. The molecule has 0 aliphatic rings. The average Bonchev–Trinajstić information content (AvgIpc) is 2.54. The van der Waals surface area contributed by atoms with E-state index in [1.165, 1.54) is 16.2 Å². The summed E-state index contributed by atoms with van der Waals surface area (Å²) in [6, 6.07) is 26.3. The molecule has 1 heteroatoms. The van der Waals surface area contributed by atoms with E-state index in [0.717, 1.165) is 16.6 Å². The minimum absolute atomic E-state index is 0.994. The summed E-state index contributed by atoms with van der Waals surface area (Å²) >= 11 is 0. The molecule has 1 aromatic heterocycles. The van der Waals surface area contributed by atoms with Gasteiger partial charge in [-0.15, -0.1) is 0 Å². The maximum atomic E-state index is 4.55. The van der Waals surface area contributed by atoms with Gasteiger partial charge in [-0.25, -0.2) is 0 Å². The summed E-state index contributed by atoms with van der Waals surface area (Å²) in [6.45, 7) is 0. The van der Waals surface area contributed by atoms with E-state index in [1.54, 1.807) is 0 Å². The molecule has 4 aromatic rings. The molecule has 0 bridgehead atoms. The van der Waals surface area contributed by atoms with Crippen LogP contribution in [0, 0.1) is 6.07 Å². The van der Waals surface area contributed by atoms with Crippen molar-refractivity contribution >= 4 is 21.5 Å². The predicted molar refractivity (Wildman–Crippen MR) is 83.5 cm³/mol. The van der Waals surface area contributed by atoms with E-state index in [4.69, 9.17) is 0 Å². The van der Waals surface area contributed by atoms with Crippen LogP contribution in [0.3, 0.4) is 0 Å². The summed E-state index contributed by atoms with van der Waals surface area (Å²) in [5.41, 5.74) is 2.04. The molecule has 0 spiro atoms. The van der Waals surface area contributed by atoms with Gasteiger partial charge in [-0.2, -0.15) is 0 Å². The second-order valence-electron chi connectivity index (χ2n) is 4.84. The Morgan fingerprint density at radius 2 is 1.50 bits per heavy atom. The number of hydrogen-bond acceptors (Lipinski definition) is 1. The molecule has 0 saturated carbocycles. The Labute approximate surface area is 117 Å². The van der Waals surface area contributed by atoms with Gasteiger partial charge in [0.05, 0.1) is 5.69 Å². The molecule has 0 amide bonds. The third-order valence-electron chi connectivity index (χ3n) is 3.59. The average molecular weight is 254 g/mol. The molecule has 3 aromatic carbocycles. The van der Waals surface area contributed by atoms with Crippen LogP contribution in [-0.2, 0) is 0 Å². The van der Waals surface area contributed by atoms with Gasteiger partial charge in [-0.3, -0.25) is 4.98 Å². The topological polar surface area (TPSA) is 12.9 Å². The van der Waals surface area contributed by atoms with Crippen LogP contribution >= 0.6 is 0 Å². The molecule has 0 N–H and O–H groups in total. The first kappa shape index (κ1) is 11.2. The Balaban J connectivity index is 2.01. The Kier molecular flexibility index (Phi) is 2.49. The minimum Gasteiger partial charge on any atom is -0.256 e. The third kappa shape index (κ3) is 1.76. The van der Waals surface area contributed by atoms with Crippen molar-refractivity contribution in [2.75, 3.05) is 0 Å².